The van der Waals surface area contributed by atoms with E-state index >= 15 is 0 Å². The number of phenolic OH excluding ortho intramolecular Hbond substituents is 1. The summed E-state index contributed by atoms with van der Waals surface area (Å²) in [5.41, 5.74) is 3.09. The molecule has 130 valence electrons. The van der Waals surface area contributed by atoms with Crippen molar-refractivity contribution in [1.29, 1.82) is 0 Å². The molecule has 5 heteroatoms. The van der Waals surface area contributed by atoms with Crippen molar-refractivity contribution in [2.24, 2.45) is 0 Å². The van der Waals surface area contributed by atoms with Gasteiger partial charge in [-0.05, 0) is 50.0 Å². The highest BCUT2D eigenvalue weighted by molar-refractivity contribution is 6.15. The van der Waals surface area contributed by atoms with Gasteiger partial charge in [-0.2, -0.15) is 0 Å². The Hall–Kier alpha value is -2.79. The van der Waals surface area contributed by atoms with Gasteiger partial charge < -0.3 is 19.6 Å². The molecule has 0 unspecified atom stereocenters. The lowest BCUT2D eigenvalue weighted by atomic mass is 10.0. The van der Waals surface area contributed by atoms with Crippen molar-refractivity contribution >= 4 is 17.5 Å². The summed E-state index contributed by atoms with van der Waals surface area (Å²) in [6, 6.07) is 11.0. The van der Waals surface area contributed by atoms with Crippen LogP contribution in [0.1, 0.15) is 21.5 Å². The Bertz CT molecular complexity index is 837. The number of hydrogen-bond donors (Lipinski definition) is 1. The lowest BCUT2D eigenvalue weighted by Gasteiger charge is -2.14. The van der Waals surface area contributed by atoms with Crippen molar-refractivity contribution in [3.8, 4) is 11.5 Å². The van der Waals surface area contributed by atoms with Gasteiger partial charge in [-0.25, -0.2) is 0 Å². The minimum atomic E-state index is -0.160. The highest BCUT2D eigenvalue weighted by Gasteiger charge is 2.31. The fraction of sp³-hybridized carbons (Fsp3) is 0.250. The van der Waals surface area contributed by atoms with Gasteiger partial charge >= 0.3 is 0 Å². The van der Waals surface area contributed by atoms with Gasteiger partial charge in [-0.1, -0.05) is 12.1 Å². The minimum absolute atomic E-state index is 0.136. The Morgan fingerprint density at radius 1 is 1.04 bits per heavy atom. The Kier molecular flexibility index (Phi) is 4.51. The number of carbonyl (C=O) groups excluding carboxylic acids is 1. The standard InChI is InChI=1S/C20H22N2O3/c1-21(2)12-16-17(23)10-9-15-19(24)18(25-20(15)16)11-13-5-7-14(8-6-13)22(3)4/h5-11,23H,12H2,1-4H3/b18-11-. The van der Waals surface area contributed by atoms with Crippen LogP contribution in [0.15, 0.2) is 42.2 Å². The monoisotopic (exact) mass is 338 g/mol. The molecule has 0 saturated heterocycles. The summed E-state index contributed by atoms with van der Waals surface area (Å²) in [6.45, 7) is 0.493. The van der Waals surface area contributed by atoms with Crippen molar-refractivity contribution in [3.05, 3.63) is 58.8 Å². The largest absolute Gasteiger partial charge is 0.507 e. The summed E-state index contributed by atoms with van der Waals surface area (Å²) in [5.74, 6) is 0.705. The third kappa shape index (κ3) is 3.37. The molecule has 1 heterocycles. The number of carbonyl (C=O) groups is 1. The molecule has 0 saturated carbocycles. The zero-order valence-electron chi connectivity index (χ0n) is 14.9. The quantitative estimate of drug-likeness (QED) is 0.868. The number of aromatic hydroxyl groups is 1. The van der Waals surface area contributed by atoms with Crippen molar-refractivity contribution in [2.45, 2.75) is 6.54 Å². The number of anilines is 1. The summed E-state index contributed by atoms with van der Waals surface area (Å²) in [4.78, 5) is 16.6. The third-order valence-electron chi connectivity index (χ3n) is 4.10. The lowest BCUT2D eigenvalue weighted by Crippen LogP contribution is -2.11. The van der Waals surface area contributed by atoms with Crippen LogP contribution in [-0.4, -0.2) is 44.0 Å². The molecule has 0 aliphatic carbocycles. The van der Waals surface area contributed by atoms with Gasteiger partial charge in [0.2, 0.25) is 5.78 Å². The van der Waals surface area contributed by atoms with Gasteiger partial charge in [0.25, 0.3) is 0 Å². The first kappa shape index (κ1) is 17.0. The molecule has 0 radical (unpaired) electrons. The molecule has 0 aromatic heterocycles. The summed E-state index contributed by atoms with van der Waals surface area (Å²) in [7, 11) is 7.76. The molecule has 1 N–H and O–H groups in total. The first-order chi connectivity index (χ1) is 11.9. The van der Waals surface area contributed by atoms with E-state index in [0.717, 1.165) is 11.3 Å². The number of hydrogen-bond acceptors (Lipinski definition) is 5. The van der Waals surface area contributed by atoms with Crippen LogP contribution >= 0.6 is 0 Å². The maximum Gasteiger partial charge on any atom is 0.231 e. The number of phenols is 1. The zero-order valence-corrected chi connectivity index (χ0v) is 14.9. The number of benzene rings is 2. The van der Waals surface area contributed by atoms with Crippen LogP contribution in [0.25, 0.3) is 6.08 Å². The fourth-order valence-corrected chi connectivity index (χ4v) is 2.79. The number of fused-ring (bicyclic) bond motifs is 1. The summed E-state index contributed by atoms with van der Waals surface area (Å²) in [6.07, 6.45) is 1.73. The number of ketones is 1. The summed E-state index contributed by atoms with van der Waals surface area (Å²) < 4.78 is 5.83. The molecule has 0 fully saturated rings. The molecule has 0 spiro atoms. The van der Waals surface area contributed by atoms with E-state index in [1.54, 1.807) is 18.2 Å². The van der Waals surface area contributed by atoms with E-state index in [1.165, 1.54) is 0 Å². The molecular weight excluding hydrogens is 316 g/mol. The van der Waals surface area contributed by atoms with E-state index < -0.39 is 0 Å². The van der Waals surface area contributed by atoms with Gasteiger partial charge in [-0.15, -0.1) is 0 Å². The highest BCUT2D eigenvalue weighted by atomic mass is 16.5. The van der Waals surface area contributed by atoms with Gasteiger partial charge in [0.1, 0.15) is 11.5 Å². The van der Waals surface area contributed by atoms with Crippen LogP contribution in [0.2, 0.25) is 0 Å². The molecule has 5 nitrogen and oxygen atoms in total. The van der Waals surface area contributed by atoms with E-state index in [-0.39, 0.29) is 17.3 Å². The Morgan fingerprint density at radius 3 is 2.32 bits per heavy atom. The maximum atomic E-state index is 12.6. The van der Waals surface area contributed by atoms with Gasteiger partial charge in [0.15, 0.2) is 5.76 Å². The second-order valence-electron chi connectivity index (χ2n) is 6.60. The molecular formula is C20H22N2O3. The first-order valence-electron chi connectivity index (χ1n) is 8.08. The normalized spacial score (nSPS) is 14.8. The number of nitrogens with zero attached hydrogens (tertiary/aromatic N) is 2. The lowest BCUT2D eigenvalue weighted by molar-refractivity contribution is 0.101. The first-order valence-corrected chi connectivity index (χ1v) is 8.08. The Labute approximate surface area is 147 Å². The van der Waals surface area contributed by atoms with E-state index in [1.807, 2.05) is 62.3 Å². The summed E-state index contributed by atoms with van der Waals surface area (Å²) in [5, 5.41) is 10.1. The molecule has 0 amide bonds. The minimum Gasteiger partial charge on any atom is -0.507 e. The topological polar surface area (TPSA) is 53.0 Å². The van der Waals surface area contributed by atoms with Crippen LogP contribution in [0.5, 0.6) is 11.5 Å². The number of rotatable bonds is 4. The van der Waals surface area contributed by atoms with Crippen LogP contribution in [0, 0.1) is 0 Å². The average molecular weight is 338 g/mol. The molecule has 1 aliphatic rings. The van der Waals surface area contributed by atoms with Crippen molar-refractivity contribution in [1.82, 2.24) is 4.90 Å². The molecule has 1 aliphatic heterocycles. The molecule has 2 aromatic rings. The van der Waals surface area contributed by atoms with Crippen molar-refractivity contribution < 1.29 is 14.6 Å². The smallest absolute Gasteiger partial charge is 0.231 e. The predicted molar refractivity (Wildman–Crippen MR) is 99.2 cm³/mol. The van der Waals surface area contributed by atoms with Gasteiger partial charge in [0, 0.05) is 26.3 Å². The van der Waals surface area contributed by atoms with Crippen LogP contribution in [0.3, 0.4) is 0 Å². The third-order valence-corrected chi connectivity index (χ3v) is 4.10. The molecule has 3 rings (SSSR count). The van der Waals surface area contributed by atoms with Crippen molar-refractivity contribution in [3.63, 3.8) is 0 Å². The SMILES string of the molecule is CN(C)Cc1c(O)ccc2c1O/C(=C\c1ccc(N(C)C)cc1)C2=O. The van der Waals surface area contributed by atoms with Crippen LogP contribution in [-0.2, 0) is 6.54 Å². The number of Topliss-reactive ketones (excluding diaryl/α,β-unsaturated/α-hetero) is 1. The fourth-order valence-electron chi connectivity index (χ4n) is 2.79. The van der Waals surface area contributed by atoms with Crippen LogP contribution in [0.4, 0.5) is 5.69 Å². The second-order valence-corrected chi connectivity index (χ2v) is 6.60. The number of ether oxygens (including phenoxy) is 1. The average Bonchev–Trinajstić information content (AvgIpc) is 2.87. The Balaban J connectivity index is 1.94. The van der Waals surface area contributed by atoms with Gasteiger partial charge in [-0.3, -0.25) is 4.79 Å². The van der Waals surface area contributed by atoms with Crippen molar-refractivity contribution in [2.75, 3.05) is 33.1 Å². The zero-order chi connectivity index (χ0) is 18.1. The van der Waals surface area contributed by atoms with E-state index in [0.29, 0.717) is 23.4 Å². The highest BCUT2D eigenvalue weighted by Crippen LogP contribution is 2.39. The second kappa shape index (κ2) is 6.61. The maximum absolute atomic E-state index is 12.6. The molecule has 2 aromatic carbocycles. The predicted octanol–water partition coefficient (Wildman–Crippen LogP) is 3.14. The van der Waals surface area contributed by atoms with E-state index in [9.17, 15) is 9.90 Å². The molecule has 25 heavy (non-hydrogen) atoms. The number of allylic oxidation sites excluding steroid dienone is 1. The molecule has 0 atom stereocenters. The molecule has 0 bridgehead atoms. The van der Waals surface area contributed by atoms with Crippen LogP contribution < -0.4 is 9.64 Å². The van der Waals surface area contributed by atoms with E-state index in [2.05, 4.69) is 0 Å². The Morgan fingerprint density at radius 2 is 1.72 bits per heavy atom. The van der Waals surface area contributed by atoms with Gasteiger partial charge in [0.05, 0.1) is 11.1 Å². The van der Waals surface area contributed by atoms with E-state index in [4.69, 9.17) is 4.74 Å². The summed E-state index contributed by atoms with van der Waals surface area (Å²) >= 11 is 0.